The Balaban J connectivity index is 1.52. The Hall–Kier alpha value is -1.10. The Bertz CT molecular complexity index is 465. The maximum atomic E-state index is 12.1. The van der Waals surface area contributed by atoms with Crippen molar-refractivity contribution < 1.29 is 9.53 Å². The molecule has 3 aliphatic rings. The summed E-state index contributed by atoms with van der Waals surface area (Å²) in [5, 5.41) is 7.83. The molecule has 24 heavy (non-hydrogen) atoms. The average molecular weight is 335 g/mol. The smallest absolute Gasteiger partial charge is 0.409 e. The molecule has 2 saturated heterocycles. The van der Waals surface area contributed by atoms with Crippen molar-refractivity contribution in [1.82, 2.24) is 9.80 Å². The lowest BCUT2D eigenvalue weighted by atomic mass is 9.62. The summed E-state index contributed by atoms with van der Waals surface area (Å²) in [6, 6.07) is 0.694. The Morgan fingerprint density at radius 2 is 1.92 bits per heavy atom. The van der Waals surface area contributed by atoms with Crippen LogP contribution in [0.25, 0.3) is 0 Å². The molecule has 3 fully saturated rings. The highest BCUT2D eigenvalue weighted by Crippen LogP contribution is 2.49. The van der Waals surface area contributed by atoms with Gasteiger partial charge in [-0.1, -0.05) is 6.42 Å². The third-order valence-electron chi connectivity index (χ3n) is 6.43. The standard InChI is InChI=1S/C19H33N3O2/c1-3-24-18(23)22-9-5-4-8-19(14-22)12-17(13-19)21-10-6-16(7-11-21)15(2)20/h16-17,20H,3-14H2,1-2H3. The number of piperidine rings is 1. The van der Waals surface area contributed by atoms with Gasteiger partial charge in [-0.2, -0.15) is 0 Å². The highest BCUT2D eigenvalue weighted by Gasteiger charge is 2.48. The van der Waals surface area contributed by atoms with Crippen molar-refractivity contribution in [2.24, 2.45) is 11.3 Å². The van der Waals surface area contributed by atoms with E-state index in [-0.39, 0.29) is 6.09 Å². The minimum Gasteiger partial charge on any atom is -0.450 e. The van der Waals surface area contributed by atoms with Gasteiger partial charge in [0, 0.05) is 24.8 Å². The van der Waals surface area contributed by atoms with Crippen molar-refractivity contribution in [3.63, 3.8) is 0 Å². The maximum Gasteiger partial charge on any atom is 0.409 e. The summed E-state index contributed by atoms with van der Waals surface area (Å²) in [6.45, 7) is 8.32. The van der Waals surface area contributed by atoms with Gasteiger partial charge < -0.3 is 19.9 Å². The number of hydrogen-bond acceptors (Lipinski definition) is 4. The molecular formula is C19H33N3O2. The van der Waals surface area contributed by atoms with Crippen molar-refractivity contribution in [2.75, 3.05) is 32.8 Å². The predicted octanol–water partition coefficient (Wildman–Crippen LogP) is 3.53. The van der Waals surface area contributed by atoms with Gasteiger partial charge in [0.1, 0.15) is 0 Å². The van der Waals surface area contributed by atoms with Crippen LogP contribution in [0.1, 0.15) is 58.8 Å². The molecule has 2 heterocycles. The van der Waals surface area contributed by atoms with Crippen molar-refractivity contribution in [3.05, 3.63) is 0 Å². The molecule has 0 aromatic heterocycles. The van der Waals surface area contributed by atoms with E-state index in [2.05, 4.69) is 4.90 Å². The monoisotopic (exact) mass is 335 g/mol. The molecule has 1 N–H and O–H groups in total. The average Bonchev–Trinajstić information content (AvgIpc) is 2.77. The highest BCUT2D eigenvalue weighted by molar-refractivity contribution is 5.81. The highest BCUT2D eigenvalue weighted by atomic mass is 16.6. The minimum absolute atomic E-state index is 0.121. The van der Waals surface area contributed by atoms with Gasteiger partial charge in [-0.25, -0.2) is 4.79 Å². The van der Waals surface area contributed by atoms with Crippen LogP contribution < -0.4 is 0 Å². The largest absolute Gasteiger partial charge is 0.450 e. The fourth-order valence-electron chi connectivity index (χ4n) is 4.97. The number of likely N-dealkylation sites (tertiary alicyclic amines) is 2. The zero-order valence-electron chi connectivity index (χ0n) is 15.4. The summed E-state index contributed by atoms with van der Waals surface area (Å²) >= 11 is 0. The SMILES string of the molecule is CCOC(=O)N1CCCCC2(CC(N3CCC(C(C)=N)CC3)C2)C1. The van der Waals surface area contributed by atoms with Crippen LogP contribution in [0.3, 0.4) is 0 Å². The number of ether oxygens (including phenoxy) is 1. The van der Waals surface area contributed by atoms with Gasteiger partial charge in [0.15, 0.2) is 0 Å². The summed E-state index contributed by atoms with van der Waals surface area (Å²) in [4.78, 5) is 16.7. The molecule has 1 aliphatic carbocycles. The van der Waals surface area contributed by atoms with Gasteiger partial charge in [-0.3, -0.25) is 0 Å². The van der Waals surface area contributed by atoms with E-state index in [9.17, 15) is 4.79 Å². The van der Waals surface area contributed by atoms with Crippen LogP contribution in [0.4, 0.5) is 4.79 Å². The second-order valence-electron chi connectivity index (χ2n) is 8.13. The van der Waals surface area contributed by atoms with Crippen LogP contribution in [0.5, 0.6) is 0 Å². The lowest BCUT2D eigenvalue weighted by Crippen LogP contribution is -2.56. The molecule has 5 heteroatoms. The van der Waals surface area contributed by atoms with E-state index in [1.807, 2.05) is 18.7 Å². The fourth-order valence-corrected chi connectivity index (χ4v) is 4.97. The number of amides is 1. The first-order valence-corrected chi connectivity index (χ1v) is 9.74. The predicted molar refractivity (Wildman–Crippen MR) is 95.6 cm³/mol. The molecule has 0 unspecified atom stereocenters. The zero-order valence-corrected chi connectivity index (χ0v) is 15.4. The second-order valence-corrected chi connectivity index (χ2v) is 8.13. The molecule has 1 amide bonds. The van der Waals surface area contributed by atoms with E-state index < -0.39 is 0 Å². The Kier molecular flexibility index (Phi) is 5.48. The first-order valence-electron chi connectivity index (χ1n) is 9.74. The summed E-state index contributed by atoms with van der Waals surface area (Å²) in [5.74, 6) is 0.507. The van der Waals surface area contributed by atoms with Gasteiger partial charge >= 0.3 is 6.09 Å². The van der Waals surface area contributed by atoms with Gasteiger partial charge in [0.05, 0.1) is 6.61 Å². The van der Waals surface area contributed by atoms with Gasteiger partial charge in [-0.15, -0.1) is 0 Å². The molecule has 0 bridgehead atoms. The van der Waals surface area contributed by atoms with Gasteiger partial charge in [0.2, 0.25) is 0 Å². The molecule has 136 valence electrons. The van der Waals surface area contributed by atoms with E-state index in [0.717, 1.165) is 51.2 Å². The number of rotatable bonds is 3. The Labute approximate surface area is 146 Å². The molecular weight excluding hydrogens is 302 g/mol. The van der Waals surface area contributed by atoms with E-state index in [1.165, 1.54) is 25.7 Å². The van der Waals surface area contributed by atoms with Crippen LogP contribution in [-0.2, 0) is 4.74 Å². The normalized spacial score (nSPS) is 32.2. The van der Waals surface area contributed by atoms with E-state index in [4.69, 9.17) is 10.1 Å². The molecule has 3 rings (SSSR count). The van der Waals surface area contributed by atoms with Crippen molar-refractivity contribution in [1.29, 1.82) is 5.41 Å². The zero-order chi connectivity index (χ0) is 17.2. The van der Waals surface area contributed by atoms with Gasteiger partial charge in [-0.05, 0) is 76.8 Å². The lowest BCUT2D eigenvalue weighted by molar-refractivity contribution is -0.0303. The molecule has 0 radical (unpaired) electrons. The first-order chi connectivity index (χ1) is 11.5. The Morgan fingerprint density at radius 1 is 1.21 bits per heavy atom. The van der Waals surface area contributed by atoms with Crippen molar-refractivity contribution in [3.8, 4) is 0 Å². The number of nitrogens with zero attached hydrogens (tertiary/aromatic N) is 2. The third-order valence-corrected chi connectivity index (χ3v) is 6.43. The van der Waals surface area contributed by atoms with E-state index in [0.29, 0.717) is 24.0 Å². The van der Waals surface area contributed by atoms with Crippen molar-refractivity contribution >= 4 is 11.8 Å². The molecule has 1 saturated carbocycles. The molecule has 5 nitrogen and oxygen atoms in total. The third kappa shape index (κ3) is 3.76. The second kappa shape index (κ2) is 7.42. The van der Waals surface area contributed by atoms with Crippen LogP contribution in [0, 0.1) is 16.7 Å². The quantitative estimate of drug-likeness (QED) is 0.803. The Morgan fingerprint density at radius 3 is 2.54 bits per heavy atom. The topological polar surface area (TPSA) is 56.6 Å². The van der Waals surface area contributed by atoms with E-state index in [1.54, 1.807) is 0 Å². The first kappa shape index (κ1) is 17.7. The van der Waals surface area contributed by atoms with Crippen molar-refractivity contribution in [2.45, 2.75) is 64.8 Å². The number of carbonyl (C=O) groups excluding carboxylic acids is 1. The molecule has 0 atom stereocenters. The summed E-state index contributed by atoms with van der Waals surface area (Å²) in [7, 11) is 0. The minimum atomic E-state index is -0.121. The van der Waals surface area contributed by atoms with E-state index >= 15 is 0 Å². The molecule has 0 aromatic carbocycles. The van der Waals surface area contributed by atoms with Crippen LogP contribution in [0.2, 0.25) is 0 Å². The summed E-state index contributed by atoms with van der Waals surface area (Å²) in [5.41, 5.74) is 1.19. The summed E-state index contributed by atoms with van der Waals surface area (Å²) in [6.07, 6.45) is 8.24. The molecule has 2 aliphatic heterocycles. The van der Waals surface area contributed by atoms with Crippen LogP contribution in [0.15, 0.2) is 0 Å². The van der Waals surface area contributed by atoms with Gasteiger partial charge in [0.25, 0.3) is 0 Å². The summed E-state index contributed by atoms with van der Waals surface area (Å²) < 4.78 is 5.23. The number of hydrogen-bond donors (Lipinski definition) is 1. The van der Waals surface area contributed by atoms with Crippen LogP contribution in [-0.4, -0.2) is 60.4 Å². The number of nitrogens with one attached hydrogen (secondary N) is 1. The number of carbonyl (C=O) groups is 1. The maximum absolute atomic E-state index is 12.1. The van der Waals surface area contributed by atoms with Crippen LogP contribution >= 0.6 is 0 Å². The molecule has 1 spiro atoms. The lowest BCUT2D eigenvalue weighted by Gasteiger charge is -2.54. The molecule has 0 aromatic rings. The fraction of sp³-hybridized carbons (Fsp3) is 0.895.